The van der Waals surface area contributed by atoms with Crippen molar-refractivity contribution < 1.29 is 20.6 Å². The highest BCUT2D eigenvalue weighted by molar-refractivity contribution is 7.59. The van der Waals surface area contributed by atoms with E-state index in [0.717, 1.165) is 0 Å². The Labute approximate surface area is 67.0 Å². The number of hydrazine groups is 1. The number of nitrogens with zero attached hydrogens (tertiary/aromatic N) is 2. The summed E-state index contributed by atoms with van der Waals surface area (Å²) in [5.74, 6) is 8.00. The molecule has 0 radical (unpaired) electrons. The van der Waals surface area contributed by atoms with Crippen molar-refractivity contribution in [2.24, 2.45) is 11.7 Å². The molecule has 11 heteroatoms. The maximum Gasteiger partial charge on any atom is 0.291 e. The van der Waals surface area contributed by atoms with Gasteiger partial charge in [0.2, 0.25) is 0 Å². The quantitative estimate of drug-likeness (QED) is 0.198. The van der Waals surface area contributed by atoms with Crippen molar-refractivity contribution in [1.82, 2.24) is 0 Å². The standard InChI is InChI=1S/H4N2.2HNO3.H2S/c1-2;2*2-1(3)4;/h1-2H2;2*(H,2,3,4);1H2. The van der Waals surface area contributed by atoms with E-state index >= 15 is 0 Å². The third-order valence-corrected chi connectivity index (χ3v) is 0. The zero-order chi connectivity index (χ0) is 9.15. The van der Waals surface area contributed by atoms with Gasteiger partial charge in [0.15, 0.2) is 0 Å². The van der Waals surface area contributed by atoms with E-state index < -0.39 is 10.2 Å². The summed E-state index contributed by atoms with van der Waals surface area (Å²) in [7, 11) is 0. The maximum absolute atomic E-state index is 8.36. The van der Waals surface area contributed by atoms with E-state index in [0.29, 0.717) is 0 Å². The van der Waals surface area contributed by atoms with Crippen molar-refractivity contribution in [2.75, 3.05) is 0 Å². The largest absolute Gasteiger partial charge is 0.328 e. The first-order chi connectivity index (χ1) is 4.46. The highest BCUT2D eigenvalue weighted by atomic mass is 32.1. The second kappa shape index (κ2) is 23.4. The highest BCUT2D eigenvalue weighted by Crippen LogP contribution is 1.38. The van der Waals surface area contributed by atoms with Gasteiger partial charge in [-0.05, 0) is 0 Å². The molecule has 0 spiro atoms. The van der Waals surface area contributed by atoms with Crippen molar-refractivity contribution in [3.05, 3.63) is 20.2 Å². The van der Waals surface area contributed by atoms with Crippen LogP contribution in [0.25, 0.3) is 0 Å². The summed E-state index contributed by atoms with van der Waals surface area (Å²) >= 11 is 0. The van der Waals surface area contributed by atoms with Crippen molar-refractivity contribution in [3.8, 4) is 0 Å². The Morgan fingerprint density at radius 2 is 1.00 bits per heavy atom. The van der Waals surface area contributed by atoms with Gasteiger partial charge in [0.05, 0.1) is 0 Å². The van der Waals surface area contributed by atoms with Gasteiger partial charge in [0, 0.05) is 0 Å². The summed E-state index contributed by atoms with van der Waals surface area (Å²) in [5.41, 5.74) is 0. The normalized spacial score (nSPS) is 4.91. The monoisotopic (exact) mass is 192 g/mol. The van der Waals surface area contributed by atoms with Crippen LogP contribution >= 0.6 is 13.5 Å². The molecule has 0 aromatic carbocycles. The Hall–Kier alpha value is -1.33. The third kappa shape index (κ3) is 218. The van der Waals surface area contributed by atoms with E-state index in [4.69, 9.17) is 30.6 Å². The van der Waals surface area contributed by atoms with E-state index in [-0.39, 0.29) is 13.5 Å². The Bertz CT molecular complexity index is 72.6. The zero-order valence-corrected chi connectivity index (χ0v) is 6.08. The summed E-state index contributed by atoms with van der Waals surface area (Å²) in [5, 5.41) is 27.3. The first kappa shape index (κ1) is 22.6. The minimum absolute atomic E-state index is 0. The van der Waals surface area contributed by atoms with Crippen LogP contribution in [0.5, 0.6) is 0 Å². The van der Waals surface area contributed by atoms with E-state index in [1.807, 2.05) is 0 Å². The fourth-order valence-corrected chi connectivity index (χ4v) is 0. The average Bonchev–Trinajstić information content (AvgIpc) is 1.66. The number of hydrogen-bond donors (Lipinski definition) is 4. The predicted molar refractivity (Wildman–Crippen MR) is 36.3 cm³/mol. The SMILES string of the molecule is NN.O=[N+]([O-])O.O=[N+]([O-])O.S. The molecule has 0 heterocycles. The van der Waals surface area contributed by atoms with Gasteiger partial charge in [-0.1, -0.05) is 0 Å². The first-order valence-corrected chi connectivity index (χ1v) is 1.46. The van der Waals surface area contributed by atoms with Crippen LogP contribution in [0.1, 0.15) is 0 Å². The molecule has 0 bridgehead atoms. The van der Waals surface area contributed by atoms with Crippen LogP contribution in [0.2, 0.25) is 0 Å². The predicted octanol–water partition coefficient (Wildman–Crippen LogP) is -1.76. The molecular weight excluding hydrogens is 184 g/mol. The topological polar surface area (TPSA) is 179 Å². The molecule has 0 aliphatic rings. The van der Waals surface area contributed by atoms with Crippen LogP contribution in [-0.4, -0.2) is 20.6 Å². The van der Waals surface area contributed by atoms with Crippen LogP contribution in [0.3, 0.4) is 0 Å². The molecule has 0 saturated carbocycles. The molecule has 0 aromatic heterocycles. The molecule has 0 fully saturated rings. The maximum atomic E-state index is 8.36. The Balaban J connectivity index is -0.0000000339. The molecule has 6 N–H and O–H groups in total. The third-order valence-electron chi connectivity index (χ3n) is 0. The van der Waals surface area contributed by atoms with Gasteiger partial charge in [0.1, 0.15) is 0 Å². The summed E-state index contributed by atoms with van der Waals surface area (Å²) in [4.78, 5) is 16.7. The van der Waals surface area contributed by atoms with Crippen molar-refractivity contribution >= 4 is 13.5 Å². The molecule has 0 atom stereocenters. The molecular formula is H8N4O6S. The lowest BCUT2D eigenvalue weighted by atomic mass is 13.0. The van der Waals surface area contributed by atoms with E-state index in [1.165, 1.54) is 0 Å². The Morgan fingerprint density at radius 3 is 1.00 bits per heavy atom. The molecule has 0 rings (SSSR count). The van der Waals surface area contributed by atoms with Gasteiger partial charge in [0.25, 0.3) is 10.2 Å². The minimum Gasteiger partial charge on any atom is -0.328 e. The molecule has 70 valence electrons. The van der Waals surface area contributed by atoms with Gasteiger partial charge < -0.3 is 10.4 Å². The fourth-order valence-electron chi connectivity index (χ4n) is 0. The second-order valence-corrected chi connectivity index (χ2v) is 0.476. The van der Waals surface area contributed by atoms with Crippen molar-refractivity contribution in [3.63, 3.8) is 0 Å². The zero-order valence-electron chi connectivity index (χ0n) is 5.08. The molecule has 0 aliphatic heterocycles. The van der Waals surface area contributed by atoms with E-state index in [2.05, 4.69) is 11.7 Å². The molecule has 0 aromatic rings. The minimum atomic E-state index is -1.50. The smallest absolute Gasteiger partial charge is 0.291 e. The second-order valence-electron chi connectivity index (χ2n) is 0.476. The highest BCUT2D eigenvalue weighted by Gasteiger charge is 1.65. The molecule has 0 amide bonds. The molecule has 0 saturated heterocycles. The van der Waals surface area contributed by atoms with E-state index in [9.17, 15) is 0 Å². The van der Waals surface area contributed by atoms with Crippen LogP contribution in [0.15, 0.2) is 0 Å². The summed E-state index contributed by atoms with van der Waals surface area (Å²) in [6.45, 7) is 0. The van der Waals surface area contributed by atoms with Crippen LogP contribution in [-0.2, 0) is 0 Å². The van der Waals surface area contributed by atoms with Crippen LogP contribution in [0.4, 0.5) is 0 Å². The van der Waals surface area contributed by atoms with Crippen molar-refractivity contribution in [1.29, 1.82) is 0 Å². The summed E-state index contributed by atoms with van der Waals surface area (Å²) < 4.78 is 0. The van der Waals surface area contributed by atoms with Gasteiger partial charge in [-0.2, -0.15) is 13.5 Å². The van der Waals surface area contributed by atoms with Crippen LogP contribution < -0.4 is 11.7 Å². The number of nitrogens with two attached hydrogens (primary N) is 2. The molecule has 10 nitrogen and oxygen atoms in total. The number of rotatable bonds is 0. The lowest BCUT2D eigenvalue weighted by molar-refractivity contribution is -0.742. The number of hydrogen-bond acceptors (Lipinski definition) is 6. The van der Waals surface area contributed by atoms with Gasteiger partial charge in [-0.15, -0.1) is 20.2 Å². The summed E-state index contributed by atoms with van der Waals surface area (Å²) in [6.07, 6.45) is 0. The average molecular weight is 192 g/mol. The molecule has 0 aliphatic carbocycles. The van der Waals surface area contributed by atoms with Crippen LogP contribution in [0, 0.1) is 20.2 Å². The van der Waals surface area contributed by atoms with Gasteiger partial charge >= 0.3 is 0 Å². The van der Waals surface area contributed by atoms with Gasteiger partial charge in [-0.25, -0.2) is 0 Å². The van der Waals surface area contributed by atoms with E-state index in [1.54, 1.807) is 0 Å². The van der Waals surface area contributed by atoms with Gasteiger partial charge in [-0.3, -0.25) is 11.7 Å². The fraction of sp³-hybridized carbons (Fsp3) is 0. The molecule has 11 heavy (non-hydrogen) atoms. The lowest BCUT2D eigenvalue weighted by Gasteiger charge is -1.56. The molecule has 0 unspecified atom stereocenters. The van der Waals surface area contributed by atoms with Crippen molar-refractivity contribution in [2.45, 2.75) is 0 Å². The lowest BCUT2D eigenvalue weighted by Crippen LogP contribution is -2.02. The first-order valence-electron chi connectivity index (χ1n) is 1.46. The Kier molecular flexibility index (Phi) is 48.1. The summed E-state index contributed by atoms with van der Waals surface area (Å²) in [6, 6.07) is 0. The Morgan fingerprint density at radius 1 is 1.00 bits per heavy atom.